The Bertz CT molecular complexity index is 617. The van der Waals surface area contributed by atoms with Crippen LogP contribution in [0.3, 0.4) is 0 Å². The fraction of sp³-hybridized carbons (Fsp3) is 0.438. The molecule has 0 spiro atoms. The second-order valence-electron chi connectivity index (χ2n) is 5.36. The van der Waals surface area contributed by atoms with Crippen molar-refractivity contribution >= 4 is 27.3 Å². The molecule has 1 heterocycles. The van der Waals surface area contributed by atoms with Gasteiger partial charge in [-0.1, -0.05) is 28.9 Å². The molecule has 3 rings (SSSR count). The first kappa shape index (κ1) is 14.2. The summed E-state index contributed by atoms with van der Waals surface area (Å²) in [6, 6.07) is 7.16. The molecular weight excluding hydrogens is 332 g/mol. The Kier molecular flexibility index (Phi) is 4.24. The number of halogens is 1. The third-order valence-electron chi connectivity index (χ3n) is 3.66. The number of aryl methyl sites for hydroxylation is 2. The molecule has 0 atom stereocenters. The molecule has 2 aromatic rings. The molecule has 0 unspecified atom stereocenters. The highest BCUT2D eigenvalue weighted by Crippen LogP contribution is 2.32. The Labute approximate surface area is 132 Å². The first-order valence-electron chi connectivity index (χ1n) is 7.16. The summed E-state index contributed by atoms with van der Waals surface area (Å²) >= 11 is 5.36. The topological polar surface area (TPSA) is 24.9 Å². The number of hydrogen-bond acceptors (Lipinski definition) is 3. The lowest BCUT2D eigenvalue weighted by atomic mass is 10.1. The predicted octanol–water partition coefficient (Wildman–Crippen LogP) is 4.70. The van der Waals surface area contributed by atoms with E-state index in [0.717, 1.165) is 28.5 Å². The van der Waals surface area contributed by atoms with E-state index in [1.807, 2.05) is 11.3 Å². The molecule has 20 heavy (non-hydrogen) atoms. The van der Waals surface area contributed by atoms with Gasteiger partial charge in [-0.25, -0.2) is 4.98 Å². The summed E-state index contributed by atoms with van der Waals surface area (Å²) in [5.41, 5.74) is 3.78. The number of benzene rings is 1. The van der Waals surface area contributed by atoms with Crippen LogP contribution in [0.4, 0.5) is 0 Å². The number of rotatable bonds is 5. The Balaban J connectivity index is 1.88. The minimum atomic E-state index is 0.750. The van der Waals surface area contributed by atoms with Crippen molar-refractivity contribution in [2.24, 2.45) is 0 Å². The van der Waals surface area contributed by atoms with E-state index in [1.165, 1.54) is 34.5 Å². The lowest BCUT2D eigenvalue weighted by Gasteiger charge is -2.02. The largest absolute Gasteiger partial charge is 0.309 e. The maximum atomic E-state index is 4.85. The second kappa shape index (κ2) is 5.96. The van der Waals surface area contributed by atoms with Gasteiger partial charge in [-0.3, -0.25) is 0 Å². The zero-order valence-electron chi connectivity index (χ0n) is 11.9. The van der Waals surface area contributed by atoms with E-state index in [9.17, 15) is 0 Å². The van der Waals surface area contributed by atoms with E-state index in [-0.39, 0.29) is 0 Å². The van der Waals surface area contributed by atoms with E-state index in [4.69, 9.17) is 4.98 Å². The number of thiazole rings is 1. The minimum absolute atomic E-state index is 0.750. The van der Waals surface area contributed by atoms with E-state index in [0.29, 0.717) is 0 Å². The summed E-state index contributed by atoms with van der Waals surface area (Å²) in [5, 5.41) is 4.75. The molecule has 0 bridgehead atoms. The summed E-state index contributed by atoms with van der Waals surface area (Å²) in [6.45, 7) is 5.31. The van der Waals surface area contributed by atoms with Gasteiger partial charge in [-0.2, -0.15) is 0 Å². The fourth-order valence-corrected chi connectivity index (χ4v) is 3.97. The highest BCUT2D eigenvalue weighted by atomic mass is 79.9. The summed E-state index contributed by atoms with van der Waals surface area (Å²) < 4.78 is 1.13. The standard InChI is InChI=1S/C16H19BrN2S/c1-3-14-15(9-18-12-5-6-12)20-16(19-14)13-7-4-11(17)8-10(13)2/h4,7-8,12,18H,3,5-6,9H2,1-2H3. The molecule has 0 saturated heterocycles. The van der Waals surface area contributed by atoms with Crippen LogP contribution in [0.5, 0.6) is 0 Å². The van der Waals surface area contributed by atoms with Gasteiger partial charge < -0.3 is 5.32 Å². The van der Waals surface area contributed by atoms with Crippen molar-refractivity contribution in [3.05, 3.63) is 38.8 Å². The SMILES string of the molecule is CCc1nc(-c2ccc(Br)cc2C)sc1CNC1CC1. The van der Waals surface area contributed by atoms with Gasteiger partial charge in [-0.15, -0.1) is 11.3 Å². The first-order chi connectivity index (χ1) is 9.67. The van der Waals surface area contributed by atoms with Gasteiger partial charge >= 0.3 is 0 Å². The molecule has 1 aromatic heterocycles. The van der Waals surface area contributed by atoms with Gasteiger partial charge in [0.2, 0.25) is 0 Å². The van der Waals surface area contributed by atoms with E-state index >= 15 is 0 Å². The van der Waals surface area contributed by atoms with Crippen LogP contribution in [-0.4, -0.2) is 11.0 Å². The van der Waals surface area contributed by atoms with Gasteiger partial charge in [0.25, 0.3) is 0 Å². The van der Waals surface area contributed by atoms with Crippen molar-refractivity contribution in [1.82, 2.24) is 10.3 Å². The zero-order valence-corrected chi connectivity index (χ0v) is 14.3. The average molecular weight is 351 g/mol. The molecule has 1 saturated carbocycles. The van der Waals surface area contributed by atoms with Gasteiger partial charge in [-0.05, 0) is 43.9 Å². The summed E-state index contributed by atoms with van der Waals surface area (Å²) in [4.78, 5) is 6.25. The molecule has 106 valence electrons. The van der Waals surface area contributed by atoms with E-state index in [2.05, 4.69) is 53.3 Å². The van der Waals surface area contributed by atoms with Crippen LogP contribution >= 0.6 is 27.3 Å². The molecule has 2 nitrogen and oxygen atoms in total. The van der Waals surface area contributed by atoms with Crippen LogP contribution in [0.2, 0.25) is 0 Å². The van der Waals surface area contributed by atoms with Crippen LogP contribution in [0, 0.1) is 6.92 Å². The molecule has 0 amide bonds. The van der Waals surface area contributed by atoms with Crippen molar-refractivity contribution < 1.29 is 0 Å². The predicted molar refractivity (Wildman–Crippen MR) is 89.2 cm³/mol. The summed E-state index contributed by atoms with van der Waals surface area (Å²) in [6.07, 6.45) is 3.67. The molecule has 0 aliphatic heterocycles. The molecule has 1 aliphatic carbocycles. The molecule has 0 radical (unpaired) electrons. The first-order valence-corrected chi connectivity index (χ1v) is 8.76. The van der Waals surface area contributed by atoms with Crippen molar-refractivity contribution in [3.8, 4) is 10.6 Å². The number of aromatic nitrogens is 1. The normalized spacial score (nSPS) is 14.8. The molecule has 1 N–H and O–H groups in total. The van der Waals surface area contributed by atoms with Crippen LogP contribution in [0.1, 0.15) is 35.9 Å². The smallest absolute Gasteiger partial charge is 0.124 e. The second-order valence-corrected chi connectivity index (χ2v) is 7.36. The van der Waals surface area contributed by atoms with Crippen LogP contribution in [0.25, 0.3) is 10.6 Å². The Hall–Kier alpha value is -0.710. The third kappa shape index (κ3) is 3.13. The van der Waals surface area contributed by atoms with Gasteiger partial charge in [0.15, 0.2) is 0 Å². The van der Waals surface area contributed by atoms with Crippen LogP contribution in [0.15, 0.2) is 22.7 Å². The quantitative estimate of drug-likeness (QED) is 0.845. The lowest BCUT2D eigenvalue weighted by Crippen LogP contribution is -2.15. The van der Waals surface area contributed by atoms with Gasteiger partial charge in [0.1, 0.15) is 5.01 Å². The summed E-state index contributed by atoms with van der Waals surface area (Å²) in [5.74, 6) is 0. The molecule has 1 aliphatic rings. The Morgan fingerprint density at radius 1 is 1.40 bits per heavy atom. The highest BCUT2D eigenvalue weighted by Gasteiger charge is 2.21. The maximum Gasteiger partial charge on any atom is 0.124 e. The Morgan fingerprint density at radius 3 is 2.85 bits per heavy atom. The monoisotopic (exact) mass is 350 g/mol. The number of nitrogens with zero attached hydrogens (tertiary/aromatic N) is 1. The van der Waals surface area contributed by atoms with Gasteiger partial charge in [0.05, 0.1) is 5.69 Å². The highest BCUT2D eigenvalue weighted by molar-refractivity contribution is 9.10. The molecule has 4 heteroatoms. The summed E-state index contributed by atoms with van der Waals surface area (Å²) in [7, 11) is 0. The molecule has 1 aromatic carbocycles. The van der Waals surface area contributed by atoms with Crippen LogP contribution in [-0.2, 0) is 13.0 Å². The zero-order chi connectivity index (χ0) is 14.1. The number of nitrogens with one attached hydrogen (secondary N) is 1. The average Bonchev–Trinajstić information content (AvgIpc) is 3.16. The minimum Gasteiger partial charge on any atom is -0.309 e. The van der Waals surface area contributed by atoms with Gasteiger partial charge in [0, 0.05) is 27.5 Å². The molecular formula is C16H19BrN2S. The fourth-order valence-electron chi connectivity index (χ4n) is 2.30. The Morgan fingerprint density at radius 2 is 2.20 bits per heavy atom. The molecule has 1 fully saturated rings. The van der Waals surface area contributed by atoms with Crippen molar-refractivity contribution in [3.63, 3.8) is 0 Å². The van der Waals surface area contributed by atoms with Crippen molar-refractivity contribution in [2.75, 3.05) is 0 Å². The third-order valence-corrected chi connectivity index (χ3v) is 5.28. The lowest BCUT2D eigenvalue weighted by molar-refractivity contribution is 0.689. The van der Waals surface area contributed by atoms with E-state index < -0.39 is 0 Å². The van der Waals surface area contributed by atoms with Crippen LogP contribution < -0.4 is 5.32 Å². The maximum absolute atomic E-state index is 4.85. The van der Waals surface area contributed by atoms with Crippen molar-refractivity contribution in [1.29, 1.82) is 0 Å². The van der Waals surface area contributed by atoms with Crippen molar-refractivity contribution in [2.45, 2.75) is 45.7 Å². The number of hydrogen-bond donors (Lipinski definition) is 1. The van der Waals surface area contributed by atoms with E-state index in [1.54, 1.807) is 0 Å².